The molecular formula is C28H31F3N4O6S. The molecule has 0 saturated carbocycles. The summed E-state index contributed by atoms with van der Waals surface area (Å²) < 4.78 is 72.4. The zero-order valence-electron chi connectivity index (χ0n) is 22.9. The van der Waals surface area contributed by atoms with Crippen LogP contribution in [0.15, 0.2) is 65.7 Å². The third-order valence-electron chi connectivity index (χ3n) is 5.91. The van der Waals surface area contributed by atoms with Crippen LogP contribution in [-0.2, 0) is 32.2 Å². The Kier molecular flexibility index (Phi) is 10.9. The van der Waals surface area contributed by atoms with Crippen molar-refractivity contribution < 1.29 is 41.0 Å². The Balaban J connectivity index is 1.65. The molecule has 1 atom stereocenters. The van der Waals surface area contributed by atoms with E-state index in [1.54, 1.807) is 6.20 Å². The van der Waals surface area contributed by atoms with Gasteiger partial charge in [0.15, 0.2) is 0 Å². The maximum Gasteiger partial charge on any atom is 0.416 e. The van der Waals surface area contributed by atoms with Crippen LogP contribution < -0.4 is 20.1 Å². The average molecular weight is 609 g/mol. The molecule has 0 aliphatic heterocycles. The van der Waals surface area contributed by atoms with E-state index in [1.165, 1.54) is 25.1 Å². The van der Waals surface area contributed by atoms with E-state index in [-0.39, 0.29) is 12.1 Å². The van der Waals surface area contributed by atoms with Gasteiger partial charge in [0.1, 0.15) is 17.6 Å². The summed E-state index contributed by atoms with van der Waals surface area (Å²) >= 11 is 0. The number of carbonyl (C=O) groups excluding carboxylic acids is 1. The molecule has 3 aromatic rings. The van der Waals surface area contributed by atoms with Crippen LogP contribution in [0, 0.1) is 6.92 Å². The number of aryl methyl sites for hydroxylation is 1. The maximum atomic E-state index is 13.0. The minimum atomic E-state index is -4.78. The van der Waals surface area contributed by atoms with E-state index in [1.807, 2.05) is 23.8 Å². The zero-order chi connectivity index (χ0) is 30.9. The number of alkyl halides is 3. The van der Waals surface area contributed by atoms with Gasteiger partial charge in [-0.05, 0) is 79.8 Å². The molecule has 0 spiro atoms. The number of halogens is 3. The number of benzene rings is 2. The van der Waals surface area contributed by atoms with Gasteiger partial charge in [0.2, 0.25) is 15.9 Å². The summed E-state index contributed by atoms with van der Waals surface area (Å²) in [5.74, 6) is -0.844. The molecule has 14 heteroatoms. The fourth-order valence-electron chi connectivity index (χ4n) is 3.89. The molecule has 4 N–H and O–H groups in total. The Labute approximate surface area is 241 Å². The number of ether oxygens (including phenoxy) is 1. The van der Waals surface area contributed by atoms with E-state index < -0.39 is 44.6 Å². The summed E-state index contributed by atoms with van der Waals surface area (Å²) in [5, 5.41) is 15.5. The molecule has 42 heavy (non-hydrogen) atoms. The summed E-state index contributed by atoms with van der Waals surface area (Å²) in [6, 6.07) is 9.61. The predicted molar refractivity (Wildman–Crippen MR) is 150 cm³/mol. The highest BCUT2D eigenvalue weighted by molar-refractivity contribution is 7.89. The Morgan fingerprint density at radius 3 is 2.50 bits per heavy atom. The quantitative estimate of drug-likeness (QED) is 0.194. The summed E-state index contributed by atoms with van der Waals surface area (Å²) in [7, 11) is -4.62. The van der Waals surface area contributed by atoms with Crippen molar-refractivity contribution in [1.29, 1.82) is 0 Å². The molecule has 226 valence electrons. The average Bonchev–Trinajstić information content (AvgIpc) is 2.90. The van der Waals surface area contributed by atoms with Crippen LogP contribution in [0.3, 0.4) is 0 Å². The summed E-state index contributed by atoms with van der Waals surface area (Å²) in [4.78, 5) is 27.2. The molecule has 1 heterocycles. The number of pyridine rings is 1. The van der Waals surface area contributed by atoms with Crippen LogP contribution in [0.5, 0.6) is 5.75 Å². The molecule has 10 nitrogen and oxygen atoms in total. The van der Waals surface area contributed by atoms with E-state index in [4.69, 9.17) is 4.74 Å². The third-order valence-corrected chi connectivity index (χ3v) is 7.38. The lowest BCUT2D eigenvalue weighted by Gasteiger charge is -2.18. The minimum Gasteiger partial charge on any atom is -0.491 e. The standard InChI is InChI=1S/C28H31F3N4O6S/c1-18-10-12-33-26(14-18)32-11-3-4-13-41-25-9-8-20(15-23(25)34-19(2)36)16-24(27(37)38)35-42(39,40)22-7-5-6-21(17-22)28(29,30)31/h5-10,12,14-15,17,24,35H,3-4,11,13,16H2,1-2H3,(H,32,33)(H,34,36)(H,37,38)/t24-/m0/s1. The second-order valence-electron chi connectivity index (χ2n) is 9.45. The van der Waals surface area contributed by atoms with Crippen molar-refractivity contribution in [2.75, 3.05) is 23.8 Å². The van der Waals surface area contributed by atoms with E-state index in [9.17, 15) is 36.3 Å². The number of aliphatic carboxylic acids is 1. The van der Waals surface area contributed by atoms with Gasteiger partial charge in [-0.1, -0.05) is 12.1 Å². The van der Waals surface area contributed by atoms with Crippen LogP contribution in [-0.4, -0.2) is 49.6 Å². The fraction of sp³-hybridized carbons (Fsp3) is 0.321. The van der Waals surface area contributed by atoms with Gasteiger partial charge in [-0.2, -0.15) is 17.9 Å². The van der Waals surface area contributed by atoms with E-state index in [2.05, 4.69) is 15.6 Å². The second-order valence-corrected chi connectivity index (χ2v) is 11.2. The predicted octanol–water partition coefficient (Wildman–Crippen LogP) is 4.61. The number of rotatable bonds is 14. The lowest BCUT2D eigenvalue weighted by molar-refractivity contribution is -0.139. The van der Waals surface area contributed by atoms with Crippen LogP contribution >= 0.6 is 0 Å². The fourth-order valence-corrected chi connectivity index (χ4v) is 5.12. The van der Waals surface area contributed by atoms with Gasteiger partial charge in [0, 0.05) is 19.7 Å². The summed E-state index contributed by atoms with van der Waals surface area (Å²) in [6.07, 6.45) is -1.97. The number of hydrogen-bond acceptors (Lipinski definition) is 7. The highest BCUT2D eigenvalue weighted by Gasteiger charge is 2.33. The van der Waals surface area contributed by atoms with Crippen molar-refractivity contribution in [3.63, 3.8) is 0 Å². The number of carboxylic acids is 1. The lowest BCUT2D eigenvalue weighted by atomic mass is 10.1. The molecular weight excluding hydrogens is 577 g/mol. The van der Waals surface area contributed by atoms with Crippen LogP contribution in [0.2, 0.25) is 0 Å². The molecule has 0 radical (unpaired) electrons. The molecule has 0 saturated heterocycles. The van der Waals surface area contributed by atoms with E-state index >= 15 is 0 Å². The van der Waals surface area contributed by atoms with Gasteiger partial charge in [-0.25, -0.2) is 13.4 Å². The van der Waals surface area contributed by atoms with Gasteiger partial charge in [-0.15, -0.1) is 0 Å². The summed E-state index contributed by atoms with van der Waals surface area (Å²) in [5.41, 5.74) is 0.493. The lowest BCUT2D eigenvalue weighted by Crippen LogP contribution is -2.42. The molecule has 0 fully saturated rings. The number of nitrogens with one attached hydrogen (secondary N) is 3. The number of sulfonamides is 1. The minimum absolute atomic E-state index is 0.256. The molecule has 3 rings (SSSR count). The second kappa shape index (κ2) is 14.1. The van der Waals surface area contributed by atoms with Crippen molar-refractivity contribution in [3.05, 3.63) is 77.5 Å². The van der Waals surface area contributed by atoms with Crippen LogP contribution in [0.25, 0.3) is 0 Å². The van der Waals surface area contributed by atoms with Gasteiger partial charge in [0.05, 0.1) is 22.8 Å². The van der Waals surface area contributed by atoms with Gasteiger partial charge in [0.25, 0.3) is 0 Å². The number of nitrogens with zero attached hydrogens (tertiary/aromatic N) is 1. The first-order valence-corrected chi connectivity index (χ1v) is 14.3. The van der Waals surface area contributed by atoms with E-state index in [0.29, 0.717) is 43.0 Å². The highest BCUT2D eigenvalue weighted by atomic mass is 32.2. The number of carboxylic acid groups (broad SMARTS) is 1. The van der Waals surface area contributed by atoms with Gasteiger partial charge < -0.3 is 20.5 Å². The zero-order valence-corrected chi connectivity index (χ0v) is 23.7. The molecule has 1 amide bonds. The smallest absolute Gasteiger partial charge is 0.416 e. The van der Waals surface area contributed by atoms with Crippen molar-refractivity contribution in [2.24, 2.45) is 0 Å². The number of aromatic nitrogens is 1. The Hall–Kier alpha value is -4.17. The first-order chi connectivity index (χ1) is 19.7. The first kappa shape index (κ1) is 32.3. The number of carbonyl (C=O) groups is 2. The molecule has 0 aliphatic carbocycles. The van der Waals surface area contributed by atoms with Crippen LogP contribution in [0.1, 0.15) is 36.5 Å². The monoisotopic (exact) mass is 608 g/mol. The Morgan fingerprint density at radius 1 is 1.07 bits per heavy atom. The number of anilines is 2. The number of unbranched alkanes of at least 4 members (excludes halogenated alkanes) is 1. The largest absolute Gasteiger partial charge is 0.491 e. The summed E-state index contributed by atoms with van der Waals surface area (Å²) in [6.45, 7) is 4.25. The Bertz CT molecular complexity index is 1520. The normalized spacial score (nSPS) is 12.4. The number of amides is 1. The van der Waals surface area contributed by atoms with Crippen molar-refractivity contribution >= 4 is 33.4 Å². The molecule has 0 bridgehead atoms. The van der Waals surface area contributed by atoms with Gasteiger partial charge in [-0.3, -0.25) is 9.59 Å². The van der Waals surface area contributed by atoms with Crippen molar-refractivity contribution in [1.82, 2.24) is 9.71 Å². The topological polar surface area (TPSA) is 147 Å². The Morgan fingerprint density at radius 2 is 1.83 bits per heavy atom. The molecule has 1 aromatic heterocycles. The van der Waals surface area contributed by atoms with E-state index in [0.717, 1.165) is 29.9 Å². The molecule has 0 aliphatic rings. The van der Waals surface area contributed by atoms with Gasteiger partial charge >= 0.3 is 12.1 Å². The molecule has 2 aromatic carbocycles. The van der Waals surface area contributed by atoms with Crippen molar-refractivity contribution in [3.8, 4) is 5.75 Å². The maximum absolute atomic E-state index is 13.0. The highest BCUT2D eigenvalue weighted by Crippen LogP contribution is 2.31. The first-order valence-electron chi connectivity index (χ1n) is 12.9. The third kappa shape index (κ3) is 9.73. The molecule has 0 unspecified atom stereocenters. The number of hydrogen-bond donors (Lipinski definition) is 4. The van der Waals surface area contributed by atoms with Crippen molar-refractivity contribution in [2.45, 2.75) is 50.2 Å². The SMILES string of the molecule is CC(=O)Nc1cc(C[C@H](NS(=O)(=O)c2cccc(C(F)(F)F)c2)C(=O)O)ccc1OCCCCNc1cc(C)ccn1. The van der Waals surface area contributed by atoms with Crippen LogP contribution in [0.4, 0.5) is 24.7 Å².